The van der Waals surface area contributed by atoms with Gasteiger partial charge in [-0.05, 0) is 18.2 Å². The van der Waals surface area contributed by atoms with E-state index in [1.165, 1.54) is 22.5 Å². The van der Waals surface area contributed by atoms with Crippen LogP contribution in [0.4, 0.5) is 5.69 Å². The quantitative estimate of drug-likeness (QED) is 0.383. The lowest BCUT2D eigenvalue weighted by molar-refractivity contribution is -0.117. The van der Waals surface area contributed by atoms with Crippen molar-refractivity contribution >= 4 is 44.8 Å². The molecule has 1 amide bonds. The molecule has 0 aliphatic carbocycles. The van der Waals surface area contributed by atoms with E-state index < -0.39 is 15.9 Å². The highest BCUT2D eigenvalue weighted by atomic mass is 35.5. The number of carbonyl (C=O) groups excluding carboxylic acids is 1. The van der Waals surface area contributed by atoms with Crippen LogP contribution < -0.4 is 10.6 Å². The lowest BCUT2D eigenvalue weighted by Crippen LogP contribution is -2.40. The molecule has 146 valence electrons. The molecule has 11 heteroatoms. The number of ether oxygens (including phenoxy) is 1. The van der Waals surface area contributed by atoms with Gasteiger partial charge in [0.1, 0.15) is 11.6 Å². The third-order valence-corrected chi connectivity index (χ3v) is 6.08. The van der Waals surface area contributed by atoms with Crippen molar-refractivity contribution in [3.8, 4) is 6.07 Å². The molecule has 0 atom stereocenters. The second kappa shape index (κ2) is 9.92. The van der Waals surface area contributed by atoms with E-state index in [2.05, 4.69) is 10.6 Å². The van der Waals surface area contributed by atoms with Crippen molar-refractivity contribution in [2.45, 2.75) is 4.90 Å². The number of sulfonamides is 1. The summed E-state index contributed by atoms with van der Waals surface area (Å²) >= 11 is 11.6. The first-order valence-electron chi connectivity index (χ1n) is 7.98. The van der Waals surface area contributed by atoms with Crippen LogP contribution in [-0.4, -0.2) is 57.4 Å². The number of nitrogens with zero attached hydrogens (tertiary/aromatic N) is 2. The molecule has 0 aromatic heterocycles. The number of anilines is 1. The number of alkyl halides is 1. The van der Waals surface area contributed by atoms with E-state index in [-0.39, 0.29) is 46.7 Å². The topological polar surface area (TPSA) is 112 Å². The highest BCUT2D eigenvalue weighted by molar-refractivity contribution is 7.89. The smallest absolute Gasteiger partial charge is 0.263 e. The molecule has 0 bridgehead atoms. The molecule has 2 N–H and O–H groups in total. The van der Waals surface area contributed by atoms with E-state index >= 15 is 0 Å². The molecule has 0 radical (unpaired) electrons. The summed E-state index contributed by atoms with van der Waals surface area (Å²) in [6.45, 7) is 1.43. The minimum atomic E-state index is -3.70. The Balaban J connectivity index is 2.23. The number of hydrogen-bond donors (Lipinski definition) is 2. The van der Waals surface area contributed by atoms with E-state index in [1.54, 1.807) is 6.07 Å². The van der Waals surface area contributed by atoms with Crippen molar-refractivity contribution in [2.24, 2.45) is 0 Å². The van der Waals surface area contributed by atoms with Gasteiger partial charge in [-0.15, -0.1) is 11.6 Å². The summed E-state index contributed by atoms with van der Waals surface area (Å²) in [5, 5.41) is 14.5. The molecule has 0 unspecified atom stereocenters. The van der Waals surface area contributed by atoms with E-state index in [4.69, 9.17) is 33.2 Å². The van der Waals surface area contributed by atoms with Gasteiger partial charge in [-0.2, -0.15) is 9.57 Å². The van der Waals surface area contributed by atoms with Crippen molar-refractivity contribution in [3.63, 3.8) is 0 Å². The predicted octanol–water partition coefficient (Wildman–Crippen LogP) is 1.54. The van der Waals surface area contributed by atoms with Crippen LogP contribution in [0.2, 0.25) is 5.02 Å². The van der Waals surface area contributed by atoms with Gasteiger partial charge in [-0.1, -0.05) is 11.6 Å². The van der Waals surface area contributed by atoms with Gasteiger partial charge >= 0.3 is 0 Å². The van der Waals surface area contributed by atoms with Crippen molar-refractivity contribution in [2.75, 3.05) is 44.0 Å². The molecular formula is C16H18Cl2N4O4S. The SMILES string of the molecule is N#C/C(=C/Nc1cc(S(=O)(=O)N2CCOCC2)ccc1Cl)C(=O)NCCCl. The second-order valence-electron chi connectivity index (χ2n) is 5.42. The molecule has 1 fully saturated rings. The molecule has 1 aromatic carbocycles. The van der Waals surface area contributed by atoms with Crippen LogP contribution in [0.25, 0.3) is 0 Å². The Bertz CT molecular complexity index is 862. The predicted molar refractivity (Wildman–Crippen MR) is 102 cm³/mol. The standard InChI is InChI=1S/C16H18Cl2N4O4S/c17-3-4-20-16(23)12(10-19)11-21-15-9-13(1-2-14(15)18)27(24,25)22-5-7-26-8-6-22/h1-2,9,11,21H,3-8H2,(H,20,23)/b12-11-. The maximum Gasteiger partial charge on any atom is 0.263 e. The van der Waals surface area contributed by atoms with Gasteiger partial charge in [0.15, 0.2) is 0 Å². The number of nitrogens with one attached hydrogen (secondary N) is 2. The van der Waals surface area contributed by atoms with Gasteiger partial charge < -0.3 is 15.4 Å². The van der Waals surface area contributed by atoms with Crippen LogP contribution in [0.3, 0.4) is 0 Å². The summed E-state index contributed by atoms with van der Waals surface area (Å²) in [7, 11) is -3.70. The largest absolute Gasteiger partial charge is 0.379 e. The number of carbonyl (C=O) groups is 1. The summed E-state index contributed by atoms with van der Waals surface area (Å²) in [5.74, 6) is -0.385. The molecule has 8 nitrogen and oxygen atoms in total. The van der Waals surface area contributed by atoms with Gasteiger partial charge in [0.25, 0.3) is 5.91 Å². The fraction of sp³-hybridized carbons (Fsp3) is 0.375. The molecule has 0 saturated carbocycles. The van der Waals surface area contributed by atoms with Crippen LogP contribution in [0.5, 0.6) is 0 Å². The van der Waals surface area contributed by atoms with Gasteiger partial charge in [0, 0.05) is 31.7 Å². The van der Waals surface area contributed by atoms with Crippen LogP contribution in [-0.2, 0) is 19.6 Å². The molecule has 0 spiro atoms. The summed E-state index contributed by atoms with van der Waals surface area (Å²) in [5.41, 5.74) is 0.0570. The van der Waals surface area contributed by atoms with Crippen LogP contribution in [0.1, 0.15) is 0 Å². The van der Waals surface area contributed by atoms with Crippen molar-refractivity contribution in [1.82, 2.24) is 9.62 Å². The Morgan fingerprint density at radius 1 is 1.37 bits per heavy atom. The first kappa shape index (κ1) is 21.5. The van der Waals surface area contributed by atoms with E-state index in [9.17, 15) is 13.2 Å². The average Bonchev–Trinajstić information content (AvgIpc) is 2.68. The molecule has 1 heterocycles. The van der Waals surface area contributed by atoms with Crippen molar-refractivity contribution in [1.29, 1.82) is 5.26 Å². The number of nitriles is 1. The highest BCUT2D eigenvalue weighted by Crippen LogP contribution is 2.27. The Morgan fingerprint density at radius 2 is 2.07 bits per heavy atom. The third-order valence-electron chi connectivity index (χ3n) is 3.66. The molecule has 1 saturated heterocycles. The van der Waals surface area contributed by atoms with Gasteiger partial charge in [-0.3, -0.25) is 4.79 Å². The number of amides is 1. The van der Waals surface area contributed by atoms with Crippen LogP contribution in [0.15, 0.2) is 34.9 Å². The van der Waals surface area contributed by atoms with Gasteiger partial charge in [0.05, 0.1) is 28.8 Å². The summed E-state index contributed by atoms with van der Waals surface area (Å²) in [6.07, 6.45) is 1.16. The average molecular weight is 433 g/mol. The number of rotatable bonds is 7. The van der Waals surface area contributed by atoms with E-state index in [0.29, 0.717) is 13.2 Å². The van der Waals surface area contributed by atoms with Crippen molar-refractivity contribution < 1.29 is 17.9 Å². The zero-order chi connectivity index (χ0) is 19.9. The Labute approximate surface area is 167 Å². The molecule has 1 aliphatic heterocycles. The number of morpholine rings is 1. The normalized spacial score (nSPS) is 15.8. The van der Waals surface area contributed by atoms with E-state index in [1.807, 2.05) is 0 Å². The molecule has 2 rings (SSSR count). The molecular weight excluding hydrogens is 415 g/mol. The molecule has 1 aromatic rings. The minimum Gasteiger partial charge on any atom is -0.379 e. The fourth-order valence-electron chi connectivity index (χ4n) is 2.27. The maximum absolute atomic E-state index is 12.7. The molecule has 1 aliphatic rings. The maximum atomic E-state index is 12.7. The van der Waals surface area contributed by atoms with E-state index in [0.717, 1.165) is 6.20 Å². The first-order chi connectivity index (χ1) is 12.9. The first-order valence-corrected chi connectivity index (χ1v) is 10.3. The summed E-state index contributed by atoms with van der Waals surface area (Å²) in [6, 6.07) is 5.95. The molecule has 27 heavy (non-hydrogen) atoms. The summed E-state index contributed by atoms with van der Waals surface area (Å²) in [4.78, 5) is 11.9. The number of hydrogen-bond acceptors (Lipinski definition) is 6. The minimum absolute atomic E-state index is 0.0507. The lowest BCUT2D eigenvalue weighted by atomic mass is 10.2. The van der Waals surface area contributed by atoms with Gasteiger partial charge in [0.2, 0.25) is 10.0 Å². The number of benzene rings is 1. The Morgan fingerprint density at radius 3 is 2.70 bits per heavy atom. The van der Waals surface area contributed by atoms with Crippen LogP contribution in [0, 0.1) is 11.3 Å². The number of halogens is 2. The van der Waals surface area contributed by atoms with Crippen LogP contribution >= 0.6 is 23.2 Å². The van der Waals surface area contributed by atoms with Gasteiger partial charge in [-0.25, -0.2) is 8.42 Å². The fourth-order valence-corrected chi connectivity index (χ4v) is 3.97. The summed E-state index contributed by atoms with van der Waals surface area (Å²) < 4.78 is 32.0. The van der Waals surface area contributed by atoms with Crippen molar-refractivity contribution in [3.05, 3.63) is 35.0 Å². The Kier molecular flexibility index (Phi) is 7.89. The highest BCUT2D eigenvalue weighted by Gasteiger charge is 2.26. The second-order valence-corrected chi connectivity index (χ2v) is 8.14. The zero-order valence-corrected chi connectivity index (χ0v) is 16.6. The Hall–Kier alpha value is -1.83. The zero-order valence-electron chi connectivity index (χ0n) is 14.2. The lowest BCUT2D eigenvalue weighted by Gasteiger charge is -2.26. The third kappa shape index (κ3) is 5.57. The monoisotopic (exact) mass is 432 g/mol.